The van der Waals surface area contributed by atoms with E-state index in [2.05, 4.69) is 38.1 Å². The van der Waals surface area contributed by atoms with Gasteiger partial charge in [-0.1, -0.05) is 89.5 Å². The fourth-order valence-corrected chi connectivity index (χ4v) is 4.12. The van der Waals surface area contributed by atoms with Gasteiger partial charge in [0.15, 0.2) is 5.60 Å². The van der Waals surface area contributed by atoms with Gasteiger partial charge < -0.3 is 9.47 Å². The van der Waals surface area contributed by atoms with Crippen molar-refractivity contribution in [2.45, 2.75) is 51.9 Å². The fourth-order valence-electron chi connectivity index (χ4n) is 4.12. The topological polar surface area (TPSA) is 38.8 Å². The standard InChI is InChI=1S/C27H28O3/c1-18(2)29-25(28)27(24-16-10-21(5)11-17-24)26(30-27,22-12-6-19(3)7-13-22)23-14-8-20(4)9-15-23/h6-18H,1-5H3. The average molecular weight is 401 g/mol. The molecule has 1 aliphatic rings. The number of aryl methyl sites for hydroxylation is 3. The summed E-state index contributed by atoms with van der Waals surface area (Å²) in [7, 11) is 0. The van der Waals surface area contributed by atoms with Crippen molar-refractivity contribution in [1.82, 2.24) is 0 Å². The predicted octanol–water partition coefficient (Wildman–Crippen LogP) is 5.73. The fraction of sp³-hybridized carbons (Fsp3) is 0.296. The molecule has 1 unspecified atom stereocenters. The third-order valence-corrected chi connectivity index (χ3v) is 5.76. The lowest BCUT2D eigenvalue weighted by molar-refractivity contribution is -0.154. The molecule has 30 heavy (non-hydrogen) atoms. The molecule has 1 saturated heterocycles. The van der Waals surface area contributed by atoms with Crippen LogP contribution in [0.5, 0.6) is 0 Å². The van der Waals surface area contributed by atoms with E-state index < -0.39 is 11.2 Å². The highest BCUT2D eigenvalue weighted by Gasteiger charge is 2.78. The van der Waals surface area contributed by atoms with E-state index in [1.807, 2.05) is 69.3 Å². The Morgan fingerprint density at radius 2 is 1.07 bits per heavy atom. The molecular weight excluding hydrogens is 372 g/mol. The summed E-state index contributed by atoms with van der Waals surface area (Å²) in [6.45, 7) is 9.86. The smallest absolute Gasteiger partial charge is 0.347 e. The van der Waals surface area contributed by atoms with E-state index in [0.717, 1.165) is 33.4 Å². The third kappa shape index (κ3) is 3.14. The van der Waals surface area contributed by atoms with Gasteiger partial charge in [0.2, 0.25) is 5.60 Å². The Hall–Kier alpha value is -2.91. The number of hydrogen-bond donors (Lipinski definition) is 0. The first kappa shape index (κ1) is 20.4. The zero-order valence-corrected chi connectivity index (χ0v) is 18.2. The number of esters is 1. The quantitative estimate of drug-likeness (QED) is 0.405. The number of carbonyl (C=O) groups excluding carboxylic acids is 1. The molecule has 3 heteroatoms. The number of hydrogen-bond acceptors (Lipinski definition) is 3. The SMILES string of the molecule is Cc1ccc(C2(C(=O)OC(C)C)OC2(c2ccc(C)cc2)c2ccc(C)cc2)cc1. The molecule has 0 aliphatic carbocycles. The van der Waals surface area contributed by atoms with Gasteiger partial charge >= 0.3 is 5.97 Å². The monoisotopic (exact) mass is 400 g/mol. The van der Waals surface area contributed by atoms with Crippen molar-refractivity contribution in [3.05, 3.63) is 106 Å². The van der Waals surface area contributed by atoms with E-state index in [1.165, 1.54) is 0 Å². The zero-order chi connectivity index (χ0) is 21.5. The molecule has 0 amide bonds. The highest BCUT2D eigenvalue weighted by Crippen LogP contribution is 2.66. The van der Waals surface area contributed by atoms with Crippen LogP contribution in [0, 0.1) is 20.8 Å². The second kappa shape index (κ2) is 7.41. The lowest BCUT2D eigenvalue weighted by Gasteiger charge is -2.22. The van der Waals surface area contributed by atoms with Crippen LogP contribution < -0.4 is 0 Å². The van der Waals surface area contributed by atoms with Gasteiger partial charge in [0.25, 0.3) is 0 Å². The largest absolute Gasteiger partial charge is 0.460 e. The van der Waals surface area contributed by atoms with Crippen LogP contribution in [0.1, 0.15) is 47.2 Å². The second-order valence-electron chi connectivity index (χ2n) is 8.52. The van der Waals surface area contributed by atoms with Gasteiger partial charge in [-0.2, -0.15) is 0 Å². The minimum atomic E-state index is -1.23. The molecule has 3 nitrogen and oxygen atoms in total. The summed E-state index contributed by atoms with van der Waals surface area (Å²) in [5.74, 6) is -0.359. The predicted molar refractivity (Wildman–Crippen MR) is 118 cm³/mol. The van der Waals surface area contributed by atoms with Crippen molar-refractivity contribution >= 4 is 5.97 Å². The molecule has 1 aliphatic heterocycles. The van der Waals surface area contributed by atoms with E-state index in [-0.39, 0.29) is 12.1 Å². The highest BCUT2D eigenvalue weighted by molar-refractivity contribution is 5.89. The summed E-state index contributed by atoms with van der Waals surface area (Å²) in [6.07, 6.45) is -0.238. The molecule has 0 N–H and O–H groups in total. The Morgan fingerprint density at radius 1 is 0.700 bits per heavy atom. The summed E-state index contributed by atoms with van der Waals surface area (Å²) >= 11 is 0. The van der Waals surface area contributed by atoms with E-state index in [4.69, 9.17) is 9.47 Å². The van der Waals surface area contributed by atoms with Crippen LogP contribution in [-0.4, -0.2) is 12.1 Å². The molecule has 4 rings (SSSR count). The Balaban J connectivity index is 1.96. The molecule has 154 valence electrons. The maximum Gasteiger partial charge on any atom is 0.347 e. The van der Waals surface area contributed by atoms with Crippen LogP contribution in [-0.2, 0) is 25.5 Å². The molecule has 0 bridgehead atoms. The molecular formula is C27H28O3. The van der Waals surface area contributed by atoms with Crippen LogP contribution in [0.25, 0.3) is 0 Å². The van der Waals surface area contributed by atoms with Gasteiger partial charge in [0, 0.05) is 0 Å². The van der Waals surface area contributed by atoms with Crippen molar-refractivity contribution in [3.63, 3.8) is 0 Å². The Kier molecular flexibility index (Phi) is 5.03. The van der Waals surface area contributed by atoms with Crippen molar-refractivity contribution in [2.24, 2.45) is 0 Å². The van der Waals surface area contributed by atoms with Crippen LogP contribution >= 0.6 is 0 Å². The first-order valence-corrected chi connectivity index (χ1v) is 10.4. The molecule has 1 atom stereocenters. The number of carbonyl (C=O) groups is 1. The molecule has 0 spiro atoms. The molecule has 3 aromatic rings. The lowest BCUT2D eigenvalue weighted by Crippen LogP contribution is -2.34. The number of benzene rings is 3. The number of epoxide rings is 1. The van der Waals surface area contributed by atoms with E-state index in [9.17, 15) is 4.79 Å². The van der Waals surface area contributed by atoms with Crippen molar-refractivity contribution in [3.8, 4) is 0 Å². The van der Waals surface area contributed by atoms with Gasteiger partial charge in [-0.15, -0.1) is 0 Å². The summed E-state index contributed by atoms with van der Waals surface area (Å²) in [5, 5.41) is 0. The molecule has 1 heterocycles. The summed E-state index contributed by atoms with van der Waals surface area (Å²) < 4.78 is 12.3. The summed E-state index contributed by atoms with van der Waals surface area (Å²) in [6, 6.07) is 24.4. The second-order valence-corrected chi connectivity index (χ2v) is 8.52. The van der Waals surface area contributed by atoms with E-state index >= 15 is 0 Å². The number of rotatable bonds is 5. The third-order valence-electron chi connectivity index (χ3n) is 5.76. The van der Waals surface area contributed by atoms with Crippen molar-refractivity contribution < 1.29 is 14.3 Å². The molecule has 1 fully saturated rings. The molecule has 0 aromatic heterocycles. The summed E-state index contributed by atoms with van der Waals surface area (Å²) in [5.41, 5.74) is 3.97. The highest BCUT2D eigenvalue weighted by atomic mass is 16.7. The normalized spacial score (nSPS) is 19.5. The maximum atomic E-state index is 13.6. The molecule has 0 radical (unpaired) electrons. The van der Waals surface area contributed by atoms with Crippen LogP contribution in [0.4, 0.5) is 0 Å². The average Bonchev–Trinajstić information content (AvgIpc) is 3.42. The maximum absolute atomic E-state index is 13.6. The zero-order valence-electron chi connectivity index (χ0n) is 18.2. The van der Waals surface area contributed by atoms with Crippen molar-refractivity contribution in [2.75, 3.05) is 0 Å². The van der Waals surface area contributed by atoms with Crippen molar-refractivity contribution in [1.29, 1.82) is 0 Å². The molecule has 0 saturated carbocycles. The Bertz CT molecular complexity index is 1000. The van der Waals surface area contributed by atoms with E-state index in [1.54, 1.807) is 0 Å². The Labute approximate surface area is 178 Å². The first-order valence-electron chi connectivity index (χ1n) is 10.4. The van der Waals surface area contributed by atoms with Crippen LogP contribution in [0.2, 0.25) is 0 Å². The lowest BCUT2D eigenvalue weighted by atomic mass is 9.76. The van der Waals surface area contributed by atoms with E-state index in [0.29, 0.717) is 0 Å². The first-order chi connectivity index (χ1) is 14.3. The minimum Gasteiger partial charge on any atom is -0.460 e. The number of ether oxygens (including phenoxy) is 2. The van der Waals surface area contributed by atoms with Gasteiger partial charge in [0.05, 0.1) is 6.10 Å². The minimum absolute atomic E-state index is 0.238. The summed E-state index contributed by atoms with van der Waals surface area (Å²) in [4.78, 5) is 13.6. The van der Waals surface area contributed by atoms with Gasteiger partial charge in [0.1, 0.15) is 0 Å². The Morgan fingerprint density at radius 3 is 1.43 bits per heavy atom. The van der Waals surface area contributed by atoms with Gasteiger partial charge in [-0.25, -0.2) is 4.79 Å². The van der Waals surface area contributed by atoms with Crippen LogP contribution in [0.15, 0.2) is 72.8 Å². The van der Waals surface area contributed by atoms with Gasteiger partial charge in [-0.05, 0) is 51.3 Å². The molecule has 3 aromatic carbocycles. The van der Waals surface area contributed by atoms with Crippen LogP contribution in [0.3, 0.4) is 0 Å². The van der Waals surface area contributed by atoms with Gasteiger partial charge in [-0.3, -0.25) is 0 Å².